The highest BCUT2D eigenvalue weighted by molar-refractivity contribution is 5.93. The molecule has 7 nitrogen and oxygen atoms in total. The van der Waals surface area contributed by atoms with Crippen LogP contribution in [0.1, 0.15) is 45.8 Å². The molecule has 2 N–H and O–H groups in total. The predicted molar refractivity (Wildman–Crippen MR) is 109 cm³/mol. The topological polar surface area (TPSA) is 95.7 Å². The normalized spacial score (nSPS) is 16.6. The Morgan fingerprint density at radius 2 is 2.00 bits per heavy atom. The van der Waals surface area contributed by atoms with Crippen molar-refractivity contribution in [2.75, 3.05) is 13.1 Å². The van der Waals surface area contributed by atoms with E-state index in [0.717, 1.165) is 11.1 Å². The summed E-state index contributed by atoms with van der Waals surface area (Å²) in [7, 11) is 0. The van der Waals surface area contributed by atoms with E-state index in [-0.39, 0.29) is 24.1 Å². The molecular weight excluding hydrogens is 382 g/mol. The van der Waals surface area contributed by atoms with E-state index in [1.54, 1.807) is 29.3 Å². The maximum atomic E-state index is 12.9. The van der Waals surface area contributed by atoms with Crippen molar-refractivity contribution in [1.82, 2.24) is 15.2 Å². The highest BCUT2D eigenvalue weighted by Gasteiger charge is 2.34. The van der Waals surface area contributed by atoms with Gasteiger partial charge in [0.1, 0.15) is 0 Å². The minimum atomic E-state index is -0.653. The van der Waals surface area contributed by atoms with Crippen molar-refractivity contribution in [1.29, 1.82) is 0 Å². The van der Waals surface area contributed by atoms with Crippen molar-refractivity contribution in [3.8, 4) is 0 Å². The monoisotopic (exact) mass is 405 g/mol. The van der Waals surface area contributed by atoms with Crippen molar-refractivity contribution in [2.45, 2.75) is 25.0 Å². The molecule has 0 saturated heterocycles. The number of furan rings is 1. The molecule has 4 rings (SSSR count). The summed E-state index contributed by atoms with van der Waals surface area (Å²) >= 11 is 0. The molecule has 1 aromatic carbocycles. The molecule has 0 bridgehead atoms. The fourth-order valence-electron chi connectivity index (χ4n) is 3.69. The first-order valence-electron chi connectivity index (χ1n) is 9.91. The number of fused-ring (bicyclic) bond motifs is 1. The molecule has 3 aromatic rings. The highest BCUT2D eigenvalue weighted by atomic mass is 16.3. The van der Waals surface area contributed by atoms with Crippen molar-refractivity contribution in [3.63, 3.8) is 0 Å². The van der Waals surface area contributed by atoms with Gasteiger partial charge in [0.2, 0.25) is 5.91 Å². The smallest absolute Gasteiger partial charge is 0.289 e. The Kier molecular flexibility index (Phi) is 5.90. The van der Waals surface area contributed by atoms with Crippen LogP contribution in [0.15, 0.2) is 71.5 Å². The molecule has 2 atom stereocenters. The van der Waals surface area contributed by atoms with E-state index in [9.17, 15) is 14.7 Å². The zero-order chi connectivity index (χ0) is 20.9. The number of aliphatic hydroxyl groups excluding tert-OH is 1. The van der Waals surface area contributed by atoms with E-state index in [0.29, 0.717) is 25.2 Å². The Balaban J connectivity index is 1.43. The second-order valence-electron chi connectivity index (χ2n) is 7.27. The second kappa shape index (κ2) is 8.92. The summed E-state index contributed by atoms with van der Waals surface area (Å²) in [6, 6.07) is 16.3. The maximum Gasteiger partial charge on any atom is 0.289 e. The fraction of sp³-hybridized carbons (Fsp3) is 0.261. The highest BCUT2D eigenvalue weighted by Crippen LogP contribution is 2.28. The Labute approximate surface area is 174 Å². The molecule has 2 unspecified atom stereocenters. The molecule has 3 heterocycles. The average molecular weight is 405 g/mol. The lowest BCUT2D eigenvalue weighted by Gasteiger charge is -2.32. The van der Waals surface area contributed by atoms with Gasteiger partial charge in [-0.15, -0.1) is 0 Å². The summed E-state index contributed by atoms with van der Waals surface area (Å²) in [5.74, 6) is -0.811. The number of hydrogen-bond donors (Lipinski definition) is 2. The van der Waals surface area contributed by atoms with Gasteiger partial charge >= 0.3 is 0 Å². The zero-order valence-electron chi connectivity index (χ0n) is 16.4. The summed E-state index contributed by atoms with van der Waals surface area (Å²) in [4.78, 5) is 31.7. The number of benzene rings is 1. The Hall–Kier alpha value is -3.45. The van der Waals surface area contributed by atoms with Crippen LogP contribution < -0.4 is 5.32 Å². The summed E-state index contributed by atoms with van der Waals surface area (Å²) in [6.45, 7) is 0.912. The third kappa shape index (κ3) is 4.26. The van der Waals surface area contributed by atoms with Crippen LogP contribution in [0.25, 0.3) is 0 Å². The minimum Gasteiger partial charge on any atom is -0.459 e. The number of carbonyl (C=O) groups is 2. The summed E-state index contributed by atoms with van der Waals surface area (Å²) in [5.41, 5.74) is 2.34. The Morgan fingerprint density at radius 3 is 2.77 bits per heavy atom. The molecule has 0 spiro atoms. The third-order valence-corrected chi connectivity index (χ3v) is 5.26. The number of nitrogens with one attached hydrogen (secondary N) is 1. The first-order chi connectivity index (χ1) is 14.6. The van der Waals surface area contributed by atoms with Gasteiger partial charge in [0, 0.05) is 25.8 Å². The maximum absolute atomic E-state index is 12.9. The van der Waals surface area contributed by atoms with E-state index in [4.69, 9.17) is 4.42 Å². The quantitative estimate of drug-likeness (QED) is 0.657. The first kappa shape index (κ1) is 19.8. The van der Waals surface area contributed by atoms with E-state index in [2.05, 4.69) is 10.3 Å². The molecule has 2 amide bonds. The number of aromatic nitrogens is 1. The van der Waals surface area contributed by atoms with Crippen LogP contribution in [-0.2, 0) is 11.3 Å². The first-order valence-corrected chi connectivity index (χ1v) is 9.91. The van der Waals surface area contributed by atoms with E-state index >= 15 is 0 Å². The van der Waals surface area contributed by atoms with Gasteiger partial charge in [-0.05, 0) is 35.7 Å². The van der Waals surface area contributed by atoms with Gasteiger partial charge in [0.25, 0.3) is 5.91 Å². The van der Waals surface area contributed by atoms with Gasteiger partial charge in [-0.25, -0.2) is 0 Å². The average Bonchev–Trinajstić information content (AvgIpc) is 3.33. The van der Waals surface area contributed by atoms with Crippen LogP contribution in [0.4, 0.5) is 0 Å². The van der Waals surface area contributed by atoms with Crippen LogP contribution >= 0.6 is 0 Å². The lowest BCUT2D eigenvalue weighted by molar-refractivity contribution is -0.123. The van der Waals surface area contributed by atoms with Gasteiger partial charge in [0.05, 0.1) is 24.0 Å². The lowest BCUT2D eigenvalue weighted by atomic mass is 9.93. The zero-order valence-corrected chi connectivity index (χ0v) is 16.4. The van der Waals surface area contributed by atoms with Gasteiger partial charge < -0.3 is 19.7 Å². The summed E-state index contributed by atoms with van der Waals surface area (Å²) in [5, 5.41) is 13.2. The predicted octanol–water partition coefficient (Wildman–Crippen LogP) is 2.65. The van der Waals surface area contributed by atoms with Crippen molar-refractivity contribution in [2.24, 2.45) is 0 Å². The molecule has 0 fully saturated rings. The SMILES string of the molecule is O=C(NCCC(O)c1ccccc1)C1CN(C(=O)c2ccco2)Cc2cccnc21. The molecule has 30 heavy (non-hydrogen) atoms. The minimum absolute atomic E-state index is 0.216. The van der Waals surface area contributed by atoms with Crippen LogP contribution in [0, 0.1) is 0 Å². The molecule has 0 saturated carbocycles. The molecule has 0 radical (unpaired) electrons. The van der Waals surface area contributed by atoms with Crippen LogP contribution in [-0.4, -0.2) is 39.9 Å². The van der Waals surface area contributed by atoms with Gasteiger partial charge in [-0.3, -0.25) is 14.6 Å². The van der Waals surface area contributed by atoms with E-state index in [1.165, 1.54) is 6.26 Å². The molecule has 0 aliphatic carbocycles. The molecule has 1 aliphatic heterocycles. The van der Waals surface area contributed by atoms with Gasteiger partial charge in [-0.1, -0.05) is 36.4 Å². The molecule has 7 heteroatoms. The molecule has 154 valence electrons. The number of pyridine rings is 1. The Bertz CT molecular complexity index is 1000. The molecule has 1 aliphatic rings. The number of amides is 2. The summed E-state index contributed by atoms with van der Waals surface area (Å²) < 4.78 is 5.23. The number of rotatable bonds is 6. The standard InChI is InChI=1S/C23H23N3O4/c27-19(16-6-2-1-3-7-16)10-12-25-22(28)18-15-26(23(29)20-9-5-13-30-20)14-17-8-4-11-24-21(17)18/h1-9,11,13,18-19,27H,10,12,14-15H2,(H,25,28). The van der Waals surface area contributed by atoms with Crippen LogP contribution in [0.2, 0.25) is 0 Å². The van der Waals surface area contributed by atoms with Crippen molar-refractivity contribution < 1.29 is 19.1 Å². The number of carbonyl (C=O) groups excluding carboxylic acids is 2. The lowest BCUT2D eigenvalue weighted by Crippen LogP contribution is -2.44. The summed E-state index contributed by atoms with van der Waals surface area (Å²) in [6.07, 6.45) is 2.85. The second-order valence-corrected chi connectivity index (χ2v) is 7.27. The molecular formula is C23H23N3O4. The third-order valence-electron chi connectivity index (χ3n) is 5.26. The van der Waals surface area contributed by atoms with E-state index < -0.39 is 12.0 Å². The van der Waals surface area contributed by atoms with Crippen molar-refractivity contribution in [3.05, 3.63) is 89.6 Å². The van der Waals surface area contributed by atoms with E-state index in [1.807, 2.05) is 36.4 Å². The molecule has 2 aromatic heterocycles. The number of aliphatic hydroxyl groups is 1. The van der Waals surface area contributed by atoms with Gasteiger partial charge in [0.15, 0.2) is 5.76 Å². The van der Waals surface area contributed by atoms with Crippen molar-refractivity contribution >= 4 is 11.8 Å². The number of hydrogen-bond acceptors (Lipinski definition) is 5. The van der Waals surface area contributed by atoms with Crippen LogP contribution in [0.3, 0.4) is 0 Å². The van der Waals surface area contributed by atoms with Crippen LogP contribution in [0.5, 0.6) is 0 Å². The Morgan fingerprint density at radius 1 is 1.17 bits per heavy atom. The van der Waals surface area contributed by atoms with Gasteiger partial charge in [-0.2, -0.15) is 0 Å². The number of nitrogens with zero attached hydrogens (tertiary/aromatic N) is 2. The largest absolute Gasteiger partial charge is 0.459 e. The fourth-order valence-corrected chi connectivity index (χ4v) is 3.69.